The molecule has 136 valence electrons. The number of fused-ring (bicyclic) bond motifs is 1. The molecule has 26 heavy (non-hydrogen) atoms. The van der Waals surface area contributed by atoms with Gasteiger partial charge in [0.1, 0.15) is 5.82 Å². The van der Waals surface area contributed by atoms with Crippen LogP contribution < -0.4 is 5.32 Å². The Bertz CT molecular complexity index is 839. The van der Waals surface area contributed by atoms with Crippen LogP contribution in [0.2, 0.25) is 0 Å². The van der Waals surface area contributed by atoms with Crippen molar-refractivity contribution in [2.45, 2.75) is 45.6 Å². The molecule has 1 heterocycles. The molecule has 0 radical (unpaired) electrons. The van der Waals surface area contributed by atoms with E-state index in [0.29, 0.717) is 0 Å². The Labute approximate surface area is 155 Å². The first-order valence-corrected chi connectivity index (χ1v) is 9.46. The van der Waals surface area contributed by atoms with Gasteiger partial charge in [-0.25, -0.2) is 4.98 Å². The van der Waals surface area contributed by atoms with Gasteiger partial charge in [0.25, 0.3) is 0 Å². The fourth-order valence-corrected chi connectivity index (χ4v) is 3.30. The van der Waals surface area contributed by atoms with Crippen molar-refractivity contribution in [2.24, 2.45) is 0 Å². The normalized spacial score (nSPS) is 11.0. The molecule has 0 fully saturated rings. The Morgan fingerprint density at radius 1 is 0.962 bits per heavy atom. The van der Waals surface area contributed by atoms with Gasteiger partial charge >= 0.3 is 0 Å². The second kappa shape index (κ2) is 9.18. The molecular formula is C22H27N3O. The predicted molar refractivity (Wildman–Crippen MR) is 106 cm³/mol. The van der Waals surface area contributed by atoms with Gasteiger partial charge in [0, 0.05) is 26.4 Å². The number of hydrogen-bond acceptors (Lipinski definition) is 2. The number of aryl methyl sites for hydroxylation is 3. The number of nitrogens with zero attached hydrogens (tertiary/aromatic N) is 2. The quantitative estimate of drug-likeness (QED) is 0.591. The van der Waals surface area contributed by atoms with E-state index in [2.05, 4.69) is 58.4 Å². The molecule has 3 rings (SSSR count). The third-order valence-corrected chi connectivity index (χ3v) is 4.65. The Hall–Kier alpha value is -2.62. The van der Waals surface area contributed by atoms with Gasteiger partial charge in [-0.1, -0.05) is 48.9 Å². The minimum absolute atomic E-state index is 0.0488. The number of hydrogen-bond donors (Lipinski definition) is 1. The molecule has 1 N–H and O–H groups in total. The van der Waals surface area contributed by atoms with Gasteiger partial charge < -0.3 is 9.88 Å². The summed E-state index contributed by atoms with van der Waals surface area (Å²) < 4.78 is 2.37. The van der Waals surface area contributed by atoms with Crippen LogP contribution in [0.25, 0.3) is 11.0 Å². The molecule has 2 aromatic carbocycles. The summed E-state index contributed by atoms with van der Waals surface area (Å²) in [5.41, 5.74) is 3.65. The molecule has 0 aliphatic carbocycles. The zero-order valence-electron chi connectivity index (χ0n) is 15.4. The molecule has 0 aliphatic rings. The number of benzene rings is 2. The molecule has 0 atom stereocenters. The molecule has 0 spiro atoms. The van der Waals surface area contributed by atoms with Crippen molar-refractivity contribution >= 4 is 16.9 Å². The lowest BCUT2D eigenvalue weighted by atomic mass is 10.1. The van der Waals surface area contributed by atoms with Crippen LogP contribution in [0.15, 0.2) is 54.6 Å². The Kier molecular flexibility index (Phi) is 6.42. The Morgan fingerprint density at radius 2 is 1.73 bits per heavy atom. The molecule has 0 saturated carbocycles. The smallest absolute Gasteiger partial charge is 0.216 e. The maximum absolute atomic E-state index is 10.9. The van der Waals surface area contributed by atoms with Crippen LogP contribution in [0.3, 0.4) is 0 Å². The van der Waals surface area contributed by atoms with Crippen molar-refractivity contribution in [3.8, 4) is 0 Å². The monoisotopic (exact) mass is 349 g/mol. The largest absolute Gasteiger partial charge is 0.356 e. The number of imidazole rings is 1. The number of aromatic nitrogens is 2. The number of carbonyl (C=O) groups excluding carboxylic acids is 1. The van der Waals surface area contributed by atoms with E-state index in [9.17, 15) is 4.79 Å². The van der Waals surface area contributed by atoms with E-state index in [1.807, 2.05) is 6.07 Å². The van der Waals surface area contributed by atoms with Crippen molar-refractivity contribution in [3.63, 3.8) is 0 Å². The number of para-hydroxylation sites is 2. The zero-order valence-corrected chi connectivity index (χ0v) is 15.4. The summed E-state index contributed by atoms with van der Waals surface area (Å²) in [6.45, 7) is 3.28. The van der Waals surface area contributed by atoms with Gasteiger partial charge in [-0.2, -0.15) is 0 Å². The van der Waals surface area contributed by atoms with Crippen LogP contribution in [-0.2, 0) is 24.2 Å². The number of rotatable bonds is 9. The van der Waals surface area contributed by atoms with E-state index in [1.54, 1.807) is 6.92 Å². The van der Waals surface area contributed by atoms with Gasteiger partial charge in [-0.05, 0) is 37.0 Å². The molecule has 0 unspecified atom stereocenters. The van der Waals surface area contributed by atoms with Crippen molar-refractivity contribution in [1.82, 2.24) is 14.9 Å². The van der Waals surface area contributed by atoms with Crippen LogP contribution in [0.1, 0.15) is 37.6 Å². The SMILES string of the molecule is CC(=O)NCCCCCc1nc2ccccc2n1CCc1ccccc1. The highest BCUT2D eigenvalue weighted by Crippen LogP contribution is 2.18. The highest BCUT2D eigenvalue weighted by molar-refractivity contribution is 5.76. The topological polar surface area (TPSA) is 46.9 Å². The van der Waals surface area contributed by atoms with E-state index < -0.39 is 0 Å². The molecule has 4 nitrogen and oxygen atoms in total. The molecule has 3 aromatic rings. The van der Waals surface area contributed by atoms with E-state index >= 15 is 0 Å². The van der Waals surface area contributed by atoms with Gasteiger partial charge in [-0.15, -0.1) is 0 Å². The van der Waals surface area contributed by atoms with Crippen LogP contribution in [0.4, 0.5) is 0 Å². The van der Waals surface area contributed by atoms with Crippen LogP contribution in [-0.4, -0.2) is 22.0 Å². The van der Waals surface area contributed by atoms with Crippen LogP contribution >= 0.6 is 0 Å². The van der Waals surface area contributed by atoms with E-state index in [1.165, 1.54) is 16.9 Å². The Morgan fingerprint density at radius 3 is 2.54 bits per heavy atom. The fraction of sp³-hybridized carbons (Fsp3) is 0.364. The molecule has 0 aliphatic heterocycles. The summed E-state index contributed by atoms with van der Waals surface area (Å²) in [5, 5.41) is 2.86. The maximum Gasteiger partial charge on any atom is 0.216 e. The summed E-state index contributed by atoms with van der Waals surface area (Å²) in [6, 6.07) is 19.0. The standard InChI is InChI=1S/C22H27N3O/c1-18(26)23-16-9-3-6-14-22-24-20-12-7-8-13-21(20)25(22)17-15-19-10-4-2-5-11-19/h2,4-5,7-8,10-13H,3,6,9,14-17H2,1H3,(H,23,26). The average Bonchev–Trinajstić information content (AvgIpc) is 3.01. The second-order valence-electron chi connectivity index (χ2n) is 6.70. The van der Waals surface area contributed by atoms with Crippen molar-refractivity contribution in [3.05, 3.63) is 66.0 Å². The van der Waals surface area contributed by atoms with Crippen molar-refractivity contribution in [1.29, 1.82) is 0 Å². The molecular weight excluding hydrogens is 322 g/mol. The third-order valence-electron chi connectivity index (χ3n) is 4.65. The summed E-state index contributed by atoms with van der Waals surface area (Å²) in [5.74, 6) is 1.22. The molecule has 0 saturated heterocycles. The number of amides is 1. The highest BCUT2D eigenvalue weighted by Gasteiger charge is 2.10. The van der Waals surface area contributed by atoms with Crippen molar-refractivity contribution < 1.29 is 4.79 Å². The molecule has 1 amide bonds. The lowest BCUT2D eigenvalue weighted by Gasteiger charge is -2.10. The lowest BCUT2D eigenvalue weighted by molar-refractivity contribution is -0.118. The molecule has 0 bridgehead atoms. The third kappa shape index (κ3) is 4.94. The molecule has 1 aromatic heterocycles. The number of carbonyl (C=O) groups is 1. The first-order valence-electron chi connectivity index (χ1n) is 9.46. The average molecular weight is 349 g/mol. The lowest BCUT2D eigenvalue weighted by Crippen LogP contribution is -2.20. The van der Waals surface area contributed by atoms with Crippen molar-refractivity contribution in [2.75, 3.05) is 6.54 Å². The second-order valence-corrected chi connectivity index (χ2v) is 6.70. The minimum atomic E-state index is 0.0488. The van der Waals surface area contributed by atoms with Crippen LogP contribution in [0.5, 0.6) is 0 Å². The van der Waals surface area contributed by atoms with E-state index in [0.717, 1.165) is 50.7 Å². The van der Waals surface area contributed by atoms with Gasteiger partial charge in [0.2, 0.25) is 5.91 Å². The van der Waals surface area contributed by atoms with Gasteiger partial charge in [0.05, 0.1) is 11.0 Å². The first-order chi connectivity index (χ1) is 12.7. The first kappa shape index (κ1) is 18.2. The summed E-state index contributed by atoms with van der Waals surface area (Å²) >= 11 is 0. The maximum atomic E-state index is 10.9. The number of unbranched alkanes of at least 4 members (excludes halogenated alkanes) is 2. The van der Waals surface area contributed by atoms with Crippen LogP contribution in [0, 0.1) is 0 Å². The molecule has 4 heteroatoms. The fourth-order valence-electron chi connectivity index (χ4n) is 3.30. The zero-order chi connectivity index (χ0) is 18.2. The number of nitrogens with one attached hydrogen (secondary N) is 1. The van der Waals surface area contributed by atoms with E-state index in [4.69, 9.17) is 4.98 Å². The summed E-state index contributed by atoms with van der Waals surface area (Å²) in [4.78, 5) is 15.8. The van der Waals surface area contributed by atoms with Gasteiger partial charge in [0.15, 0.2) is 0 Å². The summed E-state index contributed by atoms with van der Waals surface area (Å²) in [6.07, 6.45) is 5.19. The van der Waals surface area contributed by atoms with E-state index in [-0.39, 0.29) is 5.91 Å². The van der Waals surface area contributed by atoms with Gasteiger partial charge in [-0.3, -0.25) is 4.79 Å². The predicted octanol–water partition coefficient (Wildman–Crippen LogP) is 4.13. The summed E-state index contributed by atoms with van der Waals surface area (Å²) in [7, 11) is 0. The minimum Gasteiger partial charge on any atom is -0.356 e. The highest BCUT2D eigenvalue weighted by atomic mass is 16.1. The Balaban J connectivity index is 1.63.